The smallest absolute Gasteiger partial charge is 0.434 e. The van der Waals surface area contributed by atoms with Crippen LogP contribution in [0.25, 0.3) is 0 Å². The molecular weight excluding hydrogens is 212 g/mol. The maximum Gasteiger partial charge on any atom is 0.434 e. The Morgan fingerprint density at radius 3 is 2.62 bits per heavy atom. The van der Waals surface area contributed by atoms with Crippen LogP contribution in [-0.4, -0.2) is 23.3 Å². The number of methoxy groups -OCH3 is 1. The number of aromatic amines is 1. The average Bonchev–Trinajstić information content (AvgIpc) is 2.75. The minimum absolute atomic E-state index is 0.0214. The third kappa shape index (κ3) is 2.15. The molecule has 0 spiro atoms. The Bertz CT molecular complexity index is 414. The number of H-pyrrole nitrogens is 1. The highest BCUT2D eigenvalue weighted by Gasteiger charge is 2.29. The summed E-state index contributed by atoms with van der Waals surface area (Å²) in [5.74, 6) is -0.105. The van der Waals surface area contributed by atoms with Gasteiger partial charge in [-0.3, -0.25) is 4.79 Å². The van der Waals surface area contributed by atoms with Crippen LogP contribution in [0.2, 0.25) is 0 Å². The van der Waals surface area contributed by atoms with E-state index in [0.29, 0.717) is 5.89 Å². The molecule has 1 heterocycles. The predicted octanol–water partition coefficient (Wildman–Crippen LogP) is 0.810. The van der Waals surface area contributed by atoms with Gasteiger partial charge < -0.3 is 9.15 Å². The van der Waals surface area contributed by atoms with Crippen LogP contribution in [0.5, 0.6) is 0 Å². The fraction of sp³-hybridized carbons (Fsp3) is 0.700. The van der Waals surface area contributed by atoms with Gasteiger partial charge in [-0.05, 0) is 25.7 Å². The molecule has 1 fully saturated rings. The molecule has 1 N–H and O–H groups in total. The van der Waals surface area contributed by atoms with Gasteiger partial charge in [0.15, 0.2) is 0 Å². The molecule has 0 atom stereocenters. The van der Waals surface area contributed by atoms with Crippen molar-refractivity contribution >= 4 is 5.97 Å². The molecule has 1 aromatic rings. The van der Waals surface area contributed by atoms with E-state index < -0.39 is 5.76 Å². The Balaban J connectivity index is 1.95. The van der Waals surface area contributed by atoms with Crippen molar-refractivity contribution in [3.8, 4) is 0 Å². The van der Waals surface area contributed by atoms with E-state index in [4.69, 9.17) is 9.15 Å². The molecule has 0 amide bonds. The molecule has 16 heavy (non-hydrogen) atoms. The zero-order chi connectivity index (χ0) is 11.5. The van der Waals surface area contributed by atoms with Crippen molar-refractivity contribution in [2.24, 2.45) is 5.92 Å². The fourth-order valence-electron chi connectivity index (χ4n) is 2.16. The van der Waals surface area contributed by atoms with Crippen LogP contribution < -0.4 is 5.76 Å². The van der Waals surface area contributed by atoms with E-state index in [1.807, 2.05) is 0 Å². The number of rotatable bonds is 2. The first-order valence-electron chi connectivity index (χ1n) is 5.34. The van der Waals surface area contributed by atoms with Crippen LogP contribution in [-0.2, 0) is 9.53 Å². The molecule has 1 saturated carbocycles. The zero-order valence-electron chi connectivity index (χ0n) is 9.06. The van der Waals surface area contributed by atoms with Crippen molar-refractivity contribution in [1.29, 1.82) is 0 Å². The van der Waals surface area contributed by atoms with Gasteiger partial charge in [-0.15, -0.1) is 5.10 Å². The van der Waals surface area contributed by atoms with Gasteiger partial charge in [0.25, 0.3) is 0 Å². The summed E-state index contributed by atoms with van der Waals surface area (Å²) in [6, 6.07) is 0. The summed E-state index contributed by atoms with van der Waals surface area (Å²) in [5.41, 5.74) is 0. The highest BCUT2D eigenvalue weighted by atomic mass is 16.5. The zero-order valence-corrected chi connectivity index (χ0v) is 9.06. The first kappa shape index (κ1) is 10.9. The van der Waals surface area contributed by atoms with E-state index in [9.17, 15) is 9.59 Å². The maximum absolute atomic E-state index is 11.3. The van der Waals surface area contributed by atoms with Crippen LogP contribution >= 0.6 is 0 Å². The summed E-state index contributed by atoms with van der Waals surface area (Å²) in [7, 11) is 1.40. The van der Waals surface area contributed by atoms with E-state index in [2.05, 4.69) is 10.2 Å². The molecule has 0 unspecified atom stereocenters. The van der Waals surface area contributed by atoms with Crippen LogP contribution in [0.1, 0.15) is 37.5 Å². The topological polar surface area (TPSA) is 85.2 Å². The number of nitrogens with one attached hydrogen (secondary N) is 1. The molecule has 6 heteroatoms. The van der Waals surface area contributed by atoms with E-state index in [-0.39, 0.29) is 17.8 Å². The Labute approximate surface area is 92.0 Å². The SMILES string of the molecule is COC(=O)[C@H]1CC[C@H](c2n[nH]c(=O)o2)CC1. The van der Waals surface area contributed by atoms with E-state index in [1.165, 1.54) is 7.11 Å². The molecule has 1 aliphatic carbocycles. The molecule has 0 bridgehead atoms. The molecule has 0 aliphatic heterocycles. The summed E-state index contributed by atoms with van der Waals surface area (Å²) in [4.78, 5) is 22.1. The van der Waals surface area contributed by atoms with Gasteiger partial charge in [-0.2, -0.15) is 0 Å². The lowest BCUT2D eigenvalue weighted by Crippen LogP contribution is -2.22. The standard InChI is InChI=1S/C10H14N2O4/c1-15-9(13)7-4-2-6(3-5-7)8-11-12-10(14)16-8/h6-7H,2-5H2,1H3,(H,12,14)/t6-,7-. The Morgan fingerprint density at radius 2 is 2.12 bits per heavy atom. The molecule has 2 rings (SSSR count). The van der Waals surface area contributed by atoms with Crippen molar-refractivity contribution in [2.75, 3.05) is 7.11 Å². The van der Waals surface area contributed by atoms with Crippen molar-refractivity contribution in [2.45, 2.75) is 31.6 Å². The van der Waals surface area contributed by atoms with Crippen LogP contribution in [0, 0.1) is 5.92 Å². The minimum atomic E-state index is -0.523. The molecule has 0 radical (unpaired) electrons. The maximum atomic E-state index is 11.3. The van der Waals surface area contributed by atoms with Crippen molar-refractivity contribution < 1.29 is 13.9 Å². The number of aromatic nitrogens is 2. The molecular formula is C10H14N2O4. The first-order valence-corrected chi connectivity index (χ1v) is 5.34. The van der Waals surface area contributed by atoms with Gasteiger partial charge in [0.1, 0.15) is 0 Å². The second kappa shape index (κ2) is 4.51. The lowest BCUT2D eigenvalue weighted by molar-refractivity contribution is -0.146. The van der Waals surface area contributed by atoms with Gasteiger partial charge in [-0.1, -0.05) is 0 Å². The first-order chi connectivity index (χ1) is 7.70. The fourth-order valence-corrected chi connectivity index (χ4v) is 2.16. The largest absolute Gasteiger partial charge is 0.469 e. The number of carbonyl (C=O) groups excluding carboxylic acids is 1. The van der Waals surface area contributed by atoms with Crippen molar-refractivity contribution in [1.82, 2.24) is 10.2 Å². The highest BCUT2D eigenvalue weighted by Crippen LogP contribution is 2.34. The highest BCUT2D eigenvalue weighted by molar-refractivity contribution is 5.72. The third-order valence-electron chi connectivity index (χ3n) is 3.07. The van der Waals surface area contributed by atoms with Crippen molar-refractivity contribution in [3.63, 3.8) is 0 Å². The number of nitrogens with zero attached hydrogens (tertiary/aromatic N) is 1. The Morgan fingerprint density at radius 1 is 1.44 bits per heavy atom. The molecule has 0 saturated heterocycles. The monoisotopic (exact) mass is 226 g/mol. The molecule has 1 aromatic heterocycles. The van der Waals surface area contributed by atoms with Crippen LogP contribution in [0.4, 0.5) is 0 Å². The number of hydrogen-bond acceptors (Lipinski definition) is 5. The normalized spacial score (nSPS) is 25.3. The Kier molecular flexibility index (Phi) is 3.07. The summed E-state index contributed by atoms with van der Waals surface area (Å²) in [5, 5.41) is 6.06. The van der Waals surface area contributed by atoms with E-state index >= 15 is 0 Å². The lowest BCUT2D eigenvalue weighted by Gasteiger charge is -2.24. The second-order valence-electron chi connectivity index (χ2n) is 4.02. The molecule has 0 aromatic carbocycles. The molecule has 88 valence electrons. The van der Waals surface area contributed by atoms with E-state index in [1.54, 1.807) is 0 Å². The average molecular weight is 226 g/mol. The summed E-state index contributed by atoms with van der Waals surface area (Å²) in [6.45, 7) is 0. The number of esters is 1. The summed E-state index contributed by atoms with van der Waals surface area (Å²) < 4.78 is 9.61. The summed E-state index contributed by atoms with van der Waals surface area (Å²) >= 11 is 0. The second-order valence-corrected chi connectivity index (χ2v) is 4.02. The number of ether oxygens (including phenoxy) is 1. The summed E-state index contributed by atoms with van der Waals surface area (Å²) in [6.07, 6.45) is 3.11. The van der Waals surface area contributed by atoms with Gasteiger partial charge in [-0.25, -0.2) is 9.89 Å². The van der Waals surface area contributed by atoms with E-state index in [0.717, 1.165) is 25.7 Å². The van der Waals surface area contributed by atoms with Crippen LogP contribution in [0.3, 0.4) is 0 Å². The van der Waals surface area contributed by atoms with Gasteiger partial charge in [0.05, 0.1) is 13.0 Å². The number of hydrogen-bond donors (Lipinski definition) is 1. The molecule has 1 aliphatic rings. The van der Waals surface area contributed by atoms with Gasteiger partial charge >= 0.3 is 11.7 Å². The van der Waals surface area contributed by atoms with Gasteiger partial charge in [0, 0.05) is 5.92 Å². The minimum Gasteiger partial charge on any atom is -0.469 e. The molecule has 6 nitrogen and oxygen atoms in total. The lowest BCUT2D eigenvalue weighted by atomic mass is 9.82. The van der Waals surface area contributed by atoms with Gasteiger partial charge in [0.2, 0.25) is 5.89 Å². The van der Waals surface area contributed by atoms with Crippen LogP contribution in [0.15, 0.2) is 9.21 Å². The third-order valence-corrected chi connectivity index (χ3v) is 3.07. The predicted molar refractivity (Wildman–Crippen MR) is 53.8 cm³/mol. The number of carbonyl (C=O) groups is 1. The van der Waals surface area contributed by atoms with Crippen molar-refractivity contribution in [3.05, 3.63) is 16.4 Å². The Hall–Kier alpha value is -1.59. The quantitative estimate of drug-likeness (QED) is 0.754.